The highest BCUT2D eigenvalue weighted by Gasteiger charge is 1.93. The highest BCUT2D eigenvalue weighted by atomic mass is 16.4. The van der Waals surface area contributed by atoms with Gasteiger partial charge in [0.25, 0.3) is 0 Å². The Hall–Kier alpha value is -0.790. The standard InChI is InChI=1S/C17H32O2/c1-2-3-4-5-6-7-8-9-10-11-12-13-14-15-16-17(18)19/h14-15H,2-13,16H2,1H3,(H,18,19)/b15-14+. The Bertz CT molecular complexity index is 221. The lowest BCUT2D eigenvalue weighted by Gasteiger charge is -2.01. The molecule has 112 valence electrons. The molecule has 1 N–H and O–H groups in total. The summed E-state index contributed by atoms with van der Waals surface area (Å²) in [5.41, 5.74) is 0. The Balaban J connectivity index is 3.02. The summed E-state index contributed by atoms with van der Waals surface area (Å²) in [5.74, 6) is -0.741. The quantitative estimate of drug-likeness (QED) is 0.323. The Kier molecular flexibility index (Phi) is 14.6. The van der Waals surface area contributed by atoms with E-state index in [9.17, 15) is 4.79 Å². The normalized spacial score (nSPS) is 11.2. The lowest BCUT2D eigenvalue weighted by Crippen LogP contribution is -1.89. The molecule has 2 nitrogen and oxygen atoms in total. The van der Waals surface area contributed by atoms with Crippen molar-refractivity contribution in [2.24, 2.45) is 0 Å². The first-order valence-electron chi connectivity index (χ1n) is 8.14. The smallest absolute Gasteiger partial charge is 0.307 e. The second-order valence-electron chi connectivity index (χ2n) is 5.39. The number of allylic oxidation sites excluding steroid dienone is 1. The number of hydrogen-bond donors (Lipinski definition) is 1. The van der Waals surface area contributed by atoms with Crippen LogP contribution in [0.2, 0.25) is 0 Å². The molecule has 0 radical (unpaired) electrons. The van der Waals surface area contributed by atoms with Crippen molar-refractivity contribution < 1.29 is 9.90 Å². The number of aliphatic carboxylic acids is 1. The monoisotopic (exact) mass is 268 g/mol. The van der Waals surface area contributed by atoms with Crippen LogP contribution >= 0.6 is 0 Å². The van der Waals surface area contributed by atoms with Gasteiger partial charge in [0, 0.05) is 0 Å². The Morgan fingerprint density at radius 1 is 0.789 bits per heavy atom. The third-order valence-corrected chi connectivity index (χ3v) is 3.43. The van der Waals surface area contributed by atoms with Gasteiger partial charge in [-0.1, -0.05) is 83.3 Å². The zero-order valence-electron chi connectivity index (χ0n) is 12.7. The Morgan fingerprint density at radius 3 is 1.74 bits per heavy atom. The fourth-order valence-corrected chi connectivity index (χ4v) is 2.23. The van der Waals surface area contributed by atoms with Crippen LogP contribution in [0.15, 0.2) is 12.2 Å². The summed E-state index contributed by atoms with van der Waals surface area (Å²) in [6.07, 6.45) is 19.9. The molecule has 0 aliphatic carbocycles. The van der Waals surface area contributed by atoms with E-state index >= 15 is 0 Å². The summed E-state index contributed by atoms with van der Waals surface area (Å²) in [6.45, 7) is 2.26. The van der Waals surface area contributed by atoms with Crippen LogP contribution in [0.5, 0.6) is 0 Å². The van der Waals surface area contributed by atoms with E-state index in [0.717, 1.165) is 6.42 Å². The van der Waals surface area contributed by atoms with Crippen molar-refractivity contribution in [3.63, 3.8) is 0 Å². The molecule has 0 atom stereocenters. The van der Waals surface area contributed by atoms with Gasteiger partial charge in [0.15, 0.2) is 0 Å². The highest BCUT2D eigenvalue weighted by molar-refractivity contribution is 5.68. The molecule has 19 heavy (non-hydrogen) atoms. The van der Waals surface area contributed by atoms with Crippen LogP contribution in [0.25, 0.3) is 0 Å². The maximum atomic E-state index is 10.3. The van der Waals surface area contributed by atoms with E-state index in [1.807, 2.05) is 6.08 Å². The van der Waals surface area contributed by atoms with Crippen LogP contribution in [0, 0.1) is 0 Å². The van der Waals surface area contributed by atoms with Gasteiger partial charge >= 0.3 is 5.97 Å². The minimum absolute atomic E-state index is 0.165. The van der Waals surface area contributed by atoms with Crippen LogP contribution in [0.4, 0.5) is 0 Å². The molecule has 2 heteroatoms. The van der Waals surface area contributed by atoms with E-state index in [1.54, 1.807) is 6.08 Å². The number of carboxylic acids is 1. The van der Waals surface area contributed by atoms with E-state index < -0.39 is 5.97 Å². The molecule has 0 aliphatic heterocycles. The summed E-state index contributed by atoms with van der Waals surface area (Å²) in [4.78, 5) is 10.3. The minimum Gasteiger partial charge on any atom is -0.481 e. The summed E-state index contributed by atoms with van der Waals surface area (Å²) in [7, 11) is 0. The average Bonchev–Trinajstić information content (AvgIpc) is 2.39. The fraction of sp³-hybridized carbons (Fsp3) is 0.824. The zero-order valence-corrected chi connectivity index (χ0v) is 12.7. The first kappa shape index (κ1) is 18.2. The van der Waals surface area contributed by atoms with Crippen LogP contribution in [0.1, 0.15) is 90.4 Å². The van der Waals surface area contributed by atoms with Crippen LogP contribution in [0.3, 0.4) is 0 Å². The Labute approximate surface area is 119 Å². The van der Waals surface area contributed by atoms with Crippen LogP contribution in [-0.2, 0) is 4.79 Å². The number of carboxylic acid groups (broad SMARTS) is 1. The molecule has 0 amide bonds. The van der Waals surface area contributed by atoms with E-state index in [0.29, 0.717) is 0 Å². The predicted octanol–water partition coefficient (Wildman–Crippen LogP) is 5.72. The van der Waals surface area contributed by atoms with Gasteiger partial charge in [-0.15, -0.1) is 0 Å². The van der Waals surface area contributed by atoms with Crippen molar-refractivity contribution in [2.75, 3.05) is 0 Å². The molecule has 0 rings (SSSR count). The van der Waals surface area contributed by atoms with Crippen molar-refractivity contribution in [1.29, 1.82) is 0 Å². The lowest BCUT2D eigenvalue weighted by atomic mass is 10.1. The van der Waals surface area contributed by atoms with Gasteiger partial charge in [0.05, 0.1) is 6.42 Å². The summed E-state index contributed by atoms with van der Waals surface area (Å²) in [5, 5.41) is 8.45. The van der Waals surface area contributed by atoms with Gasteiger partial charge in [-0.2, -0.15) is 0 Å². The van der Waals surface area contributed by atoms with E-state index in [-0.39, 0.29) is 6.42 Å². The van der Waals surface area contributed by atoms with E-state index in [4.69, 9.17) is 5.11 Å². The number of carbonyl (C=O) groups is 1. The molecule has 0 bridgehead atoms. The maximum absolute atomic E-state index is 10.3. The third-order valence-electron chi connectivity index (χ3n) is 3.43. The molecule has 0 heterocycles. The molecule has 0 fully saturated rings. The van der Waals surface area contributed by atoms with E-state index in [1.165, 1.54) is 70.6 Å². The van der Waals surface area contributed by atoms with Gasteiger partial charge in [-0.3, -0.25) is 4.79 Å². The lowest BCUT2D eigenvalue weighted by molar-refractivity contribution is -0.136. The molecule has 0 aromatic heterocycles. The van der Waals surface area contributed by atoms with E-state index in [2.05, 4.69) is 6.92 Å². The molecular formula is C17H32O2. The summed E-state index contributed by atoms with van der Waals surface area (Å²) >= 11 is 0. The molecule has 0 spiro atoms. The minimum atomic E-state index is -0.741. The van der Waals surface area contributed by atoms with Gasteiger partial charge in [0.2, 0.25) is 0 Å². The van der Waals surface area contributed by atoms with Crippen LogP contribution < -0.4 is 0 Å². The zero-order chi connectivity index (χ0) is 14.2. The fourth-order valence-electron chi connectivity index (χ4n) is 2.23. The highest BCUT2D eigenvalue weighted by Crippen LogP contribution is 2.11. The Morgan fingerprint density at radius 2 is 1.26 bits per heavy atom. The summed E-state index contributed by atoms with van der Waals surface area (Å²) in [6, 6.07) is 0. The topological polar surface area (TPSA) is 37.3 Å². The largest absolute Gasteiger partial charge is 0.481 e. The molecule has 0 saturated carbocycles. The van der Waals surface area contributed by atoms with Crippen molar-refractivity contribution >= 4 is 5.97 Å². The molecule has 0 aromatic carbocycles. The maximum Gasteiger partial charge on any atom is 0.307 e. The van der Waals surface area contributed by atoms with Gasteiger partial charge in [-0.05, 0) is 12.8 Å². The molecule has 0 aromatic rings. The number of hydrogen-bond acceptors (Lipinski definition) is 1. The molecule has 0 aliphatic rings. The first-order valence-corrected chi connectivity index (χ1v) is 8.14. The molecule has 0 unspecified atom stereocenters. The van der Waals surface area contributed by atoms with Crippen molar-refractivity contribution in [1.82, 2.24) is 0 Å². The van der Waals surface area contributed by atoms with Crippen molar-refractivity contribution in [3.8, 4) is 0 Å². The third kappa shape index (κ3) is 17.2. The van der Waals surface area contributed by atoms with Gasteiger partial charge in [-0.25, -0.2) is 0 Å². The predicted molar refractivity (Wildman–Crippen MR) is 82.5 cm³/mol. The first-order chi connectivity index (χ1) is 9.27. The molecular weight excluding hydrogens is 236 g/mol. The van der Waals surface area contributed by atoms with Crippen LogP contribution in [-0.4, -0.2) is 11.1 Å². The second-order valence-corrected chi connectivity index (χ2v) is 5.39. The number of unbranched alkanes of at least 4 members (excludes halogenated alkanes) is 11. The SMILES string of the molecule is CCCCCCCCCCCCC/C=C/CC(=O)O. The molecule has 0 saturated heterocycles. The van der Waals surface area contributed by atoms with Gasteiger partial charge < -0.3 is 5.11 Å². The van der Waals surface area contributed by atoms with Crippen molar-refractivity contribution in [3.05, 3.63) is 12.2 Å². The number of rotatable bonds is 14. The summed E-state index contributed by atoms with van der Waals surface area (Å²) < 4.78 is 0. The average molecular weight is 268 g/mol. The van der Waals surface area contributed by atoms with Gasteiger partial charge in [0.1, 0.15) is 0 Å². The second kappa shape index (κ2) is 15.3. The van der Waals surface area contributed by atoms with Crippen molar-refractivity contribution in [2.45, 2.75) is 90.4 Å².